The van der Waals surface area contributed by atoms with Crippen LogP contribution >= 0.6 is 0 Å². The quantitative estimate of drug-likeness (QED) is 0.798. The molecule has 1 atom stereocenters. The fraction of sp³-hybridized carbons (Fsp3) is 0.417. The molecule has 0 saturated heterocycles. The lowest BCUT2D eigenvalue weighted by molar-refractivity contribution is -0.138. The first-order valence-corrected chi connectivity index (χ1v) is 5.22. The highest BCUT2D eigenvalue weighted by Crippen LogP contribution is 2.17. The van der Waals surface area contributed by atoms with Crippen LogP contribution in [0, 0.1) is 5.92 Å². The molecule has 0 radical (unpaired) electrons. The monoisotopic (exact) mass is 223 g/mol. The number of hydrogen-bond acceptors (Lipinski definition) is 3. The van der Waals surface area contributed by atoms with Crippen LogP contribution in [0.15, 0.2) is 24.3 Å². The first-order valence-electron chi connectivity index (χ1n) is 5.22. The van der Waals surface area contributed by atoms with Gasteiger partial charge in [0.25, 0.3) is 0 Å². The summed E-state index contributed by atoms with van der Waals surface area (Å²) in [7, 11) is 0. The average molecular weight is 223 g/mol. The minimum absolute atomic E-state index is 0.459. The first-order chi connectivity index (χ1) is 7.50. The van der Waals surface area contributed by atoms with Gasteiger partial charge in [0.15, 0.2) is 0 Å². The molecule has 4 heteroatoms. The van der Waals surface area contributed by atoms with Gasteiger partial charge < -0.3 is 15.6 Å². The van der Waals surface area contributed by atoms with Gasteiger partial charge in [-0.15, -0.1) is 0 Å². The third kappa shape index (κ3) is 3.55. The van der Waals surface area contributed by atoms with Crippen molar-refractivity contribution in [1.29, 1.82) is 0 Å². The molecule has 3 N–H and O–H groups in total. The van der Waals surface area contributed by atoms with Gasteiger partial charge in [0, 0.05) is 0 Å². The summed E-state index contributed by atoms with van der Waals surface area (Å²) in [6, 6.07) is 5.85. The van der Waals surface area contributed by atoms with Gasteiger partial charge in [0.05, 0.1) is 6.61 Å². The Balaban J connectivity index is 2.64. The second-order valence-corrected chi connectivity index (χ2v) is 4.09. The van der Waals surface area contributed by atoms with Gasteiger partial charge in [-0.1, -0.05) is 26.0 Å². The van der Waals surface area contributed by atoms with Crippen molar-refractivity contribution in [3.8, 4) is 5.75 Å². The molecule has 0 spiro atoms. The molecular formula is C12H17NO3. The number of carboxylic acid groups (broad SMARTS) is 1. The summed E-state index contributed by atoms with van der Waals surface area (Å²) in [6.07, 6.45) is 0. The van der Waals surface area contributed by atoms with Gasteiger partial charge in [-0.2, -0.15) is 0 Å². The van der Waals surface area contributed by atoms with Crippen molar-refractivity contribution >= 4 is 5.97 Å². The van der Waals surface area contributed by atoms with Crippen molar-refractivity contribution < 1.29 is 14.6 Å². The summed E-state index contributed by atoms with van der Waals surface area (Å²) >= 11 is 0. The van der Waals surface area contributed by atoms with Crippen molar-refractivity contribution in [3.63, 3.8) is 0 Å². The molecule has 0 bridgehead atoms. The lowest BCUT2D eigenvalue weighted by Gasteiger charge is -2.10. The number of rotatable bonds is 5. The third-order valence-electron chi connectivity index (χ3n) is 2.09. The lowest BCUT2D eigenvalue weighted by Crippen LogP contribution is -2.20. The zero-order valence-electron chi connectivity index (χ0n) is 9.51. The highest BCUT2D eigenvalue weighted by atomic mass is 16.5. The first kappa shape index (κ1) is 12.5. The largest absolute Gasteiger partial charge is 0.493 e. The molecule has 0 saturated carbocycles. The van der Waals surface area contributed by atoms with Crippen molar-refractivity contribution in [1.82, 2.24) is 0 Å². The summed E-state index contributed by atoms with van der Waals surface area (Å²) in [5, 5.41) is 8.72. The third-order valence-corrected chi connectivity index (χ3v) is 2.09. The van der Waals surface area contributed by atoms with Crippen LogP contribution in [-0.2, 0) is 4.79 Å². The van der Waals surface area contributed by atoms with Crippen molar-refractivity contribution in [2.75, 3.05) is 6.61 Å². The SMILES string of the molecule is CC(C)COc1ccc([C@H](N)C(=O)O)cc1. The predicted molar refractivity (Wildman–Crippen MR) is 61.3 cm³/mol. The molecule has 0 heterocycles. The van der Waals surface area contributed by atoms with Crippen LogP contribution in [0.2, 0.25) is 0 Å². The van der Waals surface area contributed by atoms with E-state index in [1.807, 2.05) is 0 Å². The van der Waals surface area contributed by atoms with Gasteiger partial charge in [0.2, 0.25) is 0 Å². The van der Waals surface area contributed by atoms with Crippen LogP contribution in [-0.4, -0.2) is 17.7 Å². The zero-order chi connectivity index (χ0) is 12.1. The number of ether oxygens (including phenoxy) is 1. The van der Waals surface area contributed by atoms with Gasteiger partial charge in [-0.25, -0.2) is 0 Å². The molecule has 16 heavy (non-hydrogen) atoms. The van der Waals surface area contributed by atoms with Crippen LogP contribution in [0.25, 0.3) is 0 Å². The van der Waals surface area contributed by atoms with E-state index in [4.69, 9.17) is 15.6 Å². The predicted octanol–water partition coefficient (Wildman–Crippen LogP) is 1.81. The van der Waals surface area contributed by atoms with Gasteiger partial charge in [0.1, 0.15) is 11.8 Å². The Kier molecular flexibility index (Phi) is 4.31. The Hall–Kier alpha value is -1.55. The van der Waals surface area contributed by atoms with E-state index in [-0.39, 0.29) is 0 Å². The lowest BCUT2D eigenvalue weighted by atomic mass is 10.1. The van der Waals surface area contributed by atoms with Crippen molar-refractivity contribution in [3.05, 3.63) is 29.8 Å². The van der Waals surface area contributed by atoms with E-state index in [1.54, 1.807) is 24.3 Å². The van der Waals surface area contributed by atoms with Crippen molar-refractivity contribution in [2.45, 2.75) is 19.9 Å². The van der Waals surface area contributed by atoms with E-state index < -0.39 is 12.0 Å². The van der Waals surface area contributed by atoms with E-state index in [1.165, 1.54) is 0 Å². The fourth-order valence-corrected chi connectivity index (χ4v) is 1.18. The summed E-state index contributed by atoms with van der Waals surface area (Å²) in [4.78, 5) is 10.6. The minimum Gasteiger partial charge on any atom is -0.493 e. The van der Waals surface area contributed by atoms with Crippen LogP contribution in [0.1, 0.15) is 25.5 Å². The van der Waals surface area contributed by atoms with E-state index in [0.717, 1.165) is 5.75 Å². The van der Waals surface area contributed by atoms with E-state index in [2.05, 4.69) is 13.8 Å². The van der Waals surface area contributed by atoms with Gasteiger partial charge in [-0.05, 0) is 23.6 Å². The molecule has 1 aromatic rings. The number of carboxylic acids is 1. The standard InChI is InChI=1S/C12H17NO3/c1-8(2)7-16-10-5-3-9(4-6-10)11(13)12(14)15/h3-6,8,11H,7,13H2,1-2H3,(H,14,15)/t11-/m0/s1. The zero-order valence-corrected chi connectivity index (χ0v) is 9.51. The Bertz CT molecular complexity index is 346. The molecule has 0 amide bonds. The Morgan fingerprint density at radius 2 is 1.94 bits per heavy atom. The van der Waals surface area contributed by atoms with Crippen molar-refractivity contribution in [2.24, 2.45) is 11.7 Å². The molecule has 0 aromatic heterocycles. The maximum Gasteiger partial charge on any atom is 0.325 e. The number of hydrogen-bond donors (Lipinski definition) is 2. The Morgan fingerprint density at radius 1 is 1.38 bits per heavy atom. The Labute approximate surface area is 95.0 Å². The molecule has 0 aliphatic heterocycles. The maximum atomic E-state index is 10.6. The summed E-state index contributed by atoms with van der Waals surface area (Å²) in [5.41, 5.74) is 6.04. The average Bonchev–Trinajstić information content (AvgIpc) is 2.26. The van der Waals surface area contributed by atoms with E-state index in [0.29, 0.717) is 18.1 Å². The van der Waals surface area contributed by atoms with E-state index >= 15 is 0 Å². The Morgan fingerprint density at radius 3 is 2.38 bits per heavy atom. The summed E-state index contributed by atoms with van der Waals surface area (Å²) in [5.74, 6) is 0.159. The normalized spacial score (nSPS) is 12.5. The number of benzene rings is 1. The molecule has 1 aromatic carbocycles. The van der Waals surface area contributed by atoms with Gasteiger partial charge >= 0.3 is 5.97 Å². The van der Waals surface area contributed by atoms with Gasteiger partial charge in [-0.3, -0.25) is 4.79 Å². The van der Waals surface area contributed by atoms with Crippen LogP contribution in [0.4, 0.5) is 0 Å². The minimum atomic E-state index is -1.03. The summed E-state index contributed by atoms with van der Waals surface area (Å²) < 4.78 is 5.47. The molecule has 0 aliphatic carbocycles. The van der Waals surface area contributed by atoms with Crippen LogP contribution in [0.5, 0.6) is 5.75 Å². The molecule has 1 rings (SSSR count). The highest BCUT2D eigenvalue weighted by Gasteiger charge is 2.13. The molecular weight excluding hydrogens is 206 g/mol. The maximum absolute atomic E-state index is 10.6. The fourth-order valence-electron chi connectivity index (χ4n) is 1.18. The smallest absolute Gasteiger partial charge is 0.325 e. The molecule has 88 valence electrons. The molecule has 0 fully saturated rings. The number of carbonyl (C=O) groups is 1. The molecule has 0 unspecified atom stereocenters. The summed E-state index contributed by atoms with van der Waals surface area (Å²) in [6.45, 7) is 4.77. The van der Waals surface area contributed by atoms with Crippen LogP contribution in [0.3, 0.4) is 0 Å². The molecule has 0 aliphatic rings. The second-order valence-electron chi connectivity index (χ2n) is 4.09. The number of nitrogens with two attached hydrogens (primary N) is 1. The van der Waals surface area contributed by atoms with Crippen LogP contribution < -0.4 is 10.5 Å². The van der Waals surface area contributed by atoms with E-state index in [9.17, 15) is 4.79 Å². The topological polar surface area (TPSA) is 72.5 Å². The number of aliphatic carboxylic acids is 1. The second kappa shape index (κ2) is 5.51. The highest BCUT2D eigenvalue weighted by molar-refractivity contribution is 5.75. The molecule has 4 nitrogen and oxygen atoms in total.